The van der Waals surface area contributed by atoms with Crippen molar-refractivity contribution in [2.45, 2.75) is 13.1 Å². The number of fused-ring (bicyclic) bond motifs is 1. The quantitative estimate of drug-likeness (QED) is 0.132. The summed E-state index contributed by atoms with van der Waals surface area (Å²) < 4.78 is 41.5. The van der Waals surface area contributed by atoms with Gasteiger partial charge in [0.25, 0.3) is 5.69 Å². The van der Waals surface area contributed by atoms with Gasteiger partial charge in [-0.25, -0.2) is 0 Å². The standard InChI is InChI=1S/C25H18F3N5O3SSe2/c1-2-32-22(38)14-5-3-4-13-17(7-6-15(19(13)14)23(32)39)29-8-9-30-24-31-21(34)16-10-12(25(26,27)28)11-18(33(35)36)20(16)37-24/h3-7,10-11,29H,2,8-9H2,1H3,(H,30,31,34). The second-order valence-electron chi connectivity index (χ2n) is 8.55. The first-order valence-electron chi connectivity index (χ1n) is 11.6. The van der Waals surface area contributed by atoms with Crippen molar-refractivity contribution < 1.29 is 18.1 Å². The number of nitro groups is 1. The van der Waals surface area contributed by atoms with E-state index < -0.39 is 33.3 Å². The number of rotatable bonds is 7. The van der Waals surface area contributed by atoms with E-state index in [1.54, 1.807) is 0 Å². The minimum atomic E-state index is -4.83. The summed E-state index contributed by atoms with van der Waals surface area (Å²) in [7, 11) is 0. The average Bonchev–Trinajstić information content (AvgIpc) is 2.89. The first-order valence-corrected chi connectivity index (χ1v) is 14.1. The van der Waals surface area contributed by atoms with Gasteiger partial charge in [-0.2, -0.15) is 13.2 Å². The summed E-state index contributed by atoms with van der Waals surface area (Å²) in [5, 5.41) is 19.6. The molecule has 5 rings (SSSR count). The molecule has 0 unspecified atom stereocenters. The number of hydrogen-bond acceptors (Lipinski definition) is 8. The molecule has 8 nitrogen and oxygen atoms in total. The molecule has 4 aromatic rings. The number of benzene rings is 3. The predicted octanol–water partition coefficient (Wildman–Crippen LogP) is 3.89. The van der Waals surface area contributed by atoms with Crippen molar-refractivity contribution in [2.75, 3.05) is 30.3 Å². The Morgan fingerprint density at radius 1 is 1.05 bits per heavy atom. The van der Waals surface area contributed by atoms with Gasteiger partial charge in [-0.05, 0) is 6.07 Å². The number of nitro benzene ring substituents is 1. The number of nitrogens with zero attached hydrogens (tertiary/aromatic N) is 3. The Kier molecular flexibility index (Phi) is 7.34. The maximum atomic E-state index is 13.2. The zero-order valence-corrected chi connectivity index (χ0v) is 24.3. The van der Waals surface area contributed by atoms with Crippen molar-refractivity contribution in [3.8, 4) is 0 Å². The van der Waals surface area contributed by atoms with Crippen molar-refractivity contribution in [3.05, 3.63) is 79.6 Å². The van der Waals surface area contributed by atoms with Crippen molar-refractivity contribution in [2.24, 2.45) is 0 Å². The van der Waals surface area contributed by atoms with E-state index in [9.17, 15) is 28.1 Å². The van der Waals surface area contributed by atoms with Gasteiger partial charge in [0.2, 0.25) is 0 Å². The number of non-ortho nitro benzene ring substituents is 1. The van der Waals surface area contributed by atoms with Crippen LogP contribution in [0.3, 0.4) is 0 Å². The number of alkyl halides is 3. The summed E-state index contributed by atoms with van der Waals surface area (Å²) in [6, 6.07) is 11.2. The molecule has 2 N–H and O–H groups in total. The van der Waals surface area contributed by atoms with Crippen LogP contribution >= 0.6 is 11.3 Å². The van der Waals surface area contributed by atoms with E-state index >= 15 is 0 Å². The van der Waals surface area contributed by atoms with E-state index in [-0.39, 0.29) is 9.83 Å². The van der Waals surface area contributed by atoms with Crippen LogP contribution in [0.4, 0.5) is 29.7 Å². The summed E-state index contributed by atoms with van der Waals surface area (Å²) >= 11 is 7.13. The van der Waals surface area contributed by atoms with E-state index in [1.807, 2.05) is 24.3 Å². The molecule has 200 valence electrons. The molecule has 14 heteroatoms. The van der Waals surface area contributed by atoms with Gasteiger partial charge >= 0.3 is 178 Å². The number of halogens is 3. The molecule has 1 aromatic heterocycles. The summed E-state index contributed by atoms with van der Waals surface area (Å²) in [5.74, 6) is 0. The number of aromatic nitrogens is 1. The molecule has 0 amide bonds. The Balaban J connectivity index is 1.38. The molecule has 0 fully saturated rings. The van der Waals surface area contributed by atoms with Gasteiger partial charge in [-0.1, -0.05) is 0 Å². The van der Waals surface area contributed by atoms with E-state index in [4.69, 9.17) is 0 Å². The fourth-order valence-corrected chi connectivity index (χ4v) is 7.40. The zero-order chi connectivity index (χ0) is 28.1. The summed E-state index contributed by atoms with van der Waals surface area (Å²) in [4.78, 5) is 29.0. The van der Waals surface area contributed by atoms with Gasteiger partial charge in [0.05, 0.1) is 15.9 Å². The number of anilines is 2. The van der Waals surface area contributed by atoms with Crippen LogP contribution in [-0.4, -0.2) is 74.7 Å². The third-order valence-electron chi connectivity index (χ3n) is 6.25. The van der Waals surface area contributed by atoms with Crippen LogP contribution in [0.15, 0.2) is 47.3 Å². The Morgan fingerprint density at radius 2 is 1.74 bits per heavy atom. The van der Waals surface area contributed by atoms with E-state index in [1.165, 1.54) is 0 Å². The minimum absolute atomic E-state index is 0.0789. The van der Waals surface area contributed by atoms with Gasteiger partial charge in [0.15, 0.2) is 0 Å². The Morgan fingerprint density at radius 3 is 2.41 bits per heavy atom. The van der Waals surface area contributed by atoms with Crippen LogP contribution in [-0.2, 0) is 6.18 Å². The molecule has 3 aromatic carbocycles. The molecule has 0 atom stereocenters. The Hall–Kier alpha value is -3.15. The molecule has 0 aliphatic carbocycles. The SMILES string of the molecule is CCN1C(=[Se])c2cccc3c(NCCNc4nc(=O)c5cc(C(F)(F)F)cc([N+](=O)[O-])c5s4)ccc(c23)C1=[Se]. The van der Waals surface area contributed by atoms with Crippen LogP contribution in [0.25, 0.3) is 20.9 Å². The third kappa shape index (κ3) is 4.99. The molecular weight excluding hydrogens is 665 g/mol. The average molecular weight is 683 g/mol. The molecular formula is C25H18F3N5O3SSe2. The maximum absolute atomic E-state index is 13.2. The van der Waals surface area contributed by atoms with Crippen molar-refractivity contribution in [1.82, 2.24) is 9.88 Å². The Labute approximate surface area is 239 Å². The fourth-order valence-electron chi connectivity index (χ4n) is 4.48. The summed E-state index contributed by atoms with van der Waals surface area (Å²) in [6.45, 7) is 3.61. The molecule has 1 aliphatic rings. The van der Waals surface area contributed by atoms with Crippen LogP contribution in [0, 0.1) is 10.1 Å². The number of nitrogens with one attached hydrogen (secondary N) is 2. The van der Waals surface area contributed by atoms with Gasteiger partial charge < -0.3 is 0 Å². The summed E-state index contributed by atoms with van der Waals surface area (Å²) in [6.07, 6.45) is -4.83. The van der Waals surface area contributed by atoms with E-state index in [2.05, 4.69) is 64.7 Å². The van der Waals surface area contributed by atoms with Crippen molar-refractivity contribution in [1.29, 1.82) is 0 Å². The molecule has 1 aliphatic heterocycles. The van der Waals surface area contributed by atoms with E-state index in [0.29, 0.717) is 25.2 Å². The first kappa shape index (κ1) is 27.4. The second-order valence-corrected chi connectivity index (χ2v) is 11.2. The van der Waals surface area contributed by atoms with Gasteiger partial charge in [0, 0.05) is 6.07 Å². The number of hydrogen-bond donors (Lipinski definition) is 2. The second kappa shape index (κ2) is 10.4. The molecule has 2 heterocycles. The van der Waals surface area contributed by atoms with Crippen molar-refractivity contribution in [3.63, 3.8) is 0 Å². The first-order chi connectivity index (χ1) is 18.5. The monoisotopic (exact) mass is 685 g/mol. The molecule has 0 saturated carbocycles. The normalized spacial score (nSPS) is 13.3. The molecule has 0 bridgehead atoms. The van der Waals surface area contributed by atoms with Crippen LogP contribution in [0.2, 0.25) is 0 Å². The van der Waals surface area contributed by atoms with E-state index in [0.717, 1.165) is 54.6 Å². The molecule has 0 spiro atoms. The molecule has 39 heavy (non-hydrogen) atoms. The topological polar surface area (TPSA) is 100 Å². The third-order valence-corrected chi connectivity index (χ3v) is 9.16. The molecule has 0 radical (unpaired) electrons. The fraction of sp³-hybridized carbons (Fsp3) is 0.200. The zero-order valence-electron chi connectivity index (χ0n) is 20.1. The van der Waals surface area contributed by atoms with Gasteiger partial charge in [-0.3, -0.25) is 14.9 Å². The van der Waals surface area contributed by atoms with Crippen LogP contribution in [0.1, 0.15) is 23.6 Å². The van der Waals surface area contributed by atoms with Gasteiger partial charge in [-0.15, -0.1) is 0 Å². The molecule has 0 saturated heterocycles. The van der Waals surface area contributed by atoms with Crippen LogP contribution in [0.5, 0.6) is 0 Å². The van der Waals surface area contributed by atoms with Crippen molar-refractivity contribution >= 4 is 88.9 Å². The van der Waals surface area contributed by atoms with Crippen LogP contribution < -0.4 is 16.2 Å². The van der Waals surface area contributed by atoms with Gasteiger partial charge in [0.1, 0.15) is 0 Å². The Bertz CT molecular complexity index is 1740. The predicted molar refractivity (Wildman–Crippen MR) is 151 cm³/mol. The summed E-state index contributed by atoms with van der Waals surface area (Å²) in [5.41, 5.74) is 0.0844.